The number of quaternary nitrogens is 2. The molecule has 0 spiro atoms. The molecule has 0 saturated carbocycles. The number of hydrogen-bond donors (Lipinski definition) is 0. The fraction of sp³-hybridized carbons (Fsp3) is 1.00. The minimum Gasteiger partial charge on any atom is -1.00 e. The van der Waals surface area contributed by atoms with Gasteiger partial charge >= 0.3 is 0 Å². The van der Waals surface area contributed by atoms with Crippen LogP contribution in [0.3, 0.4) is 0 Å². The first-order valence-corrected chi connectivity index (χ1v) is 5.33. The van der Waals surface area contributed by atoms with Crippen LogP contribution in [0.5, 0.6) is 0 Å². The average molecular weight is 458 g/mol. The van der Waals surface area contributed by atoms with Crippen LogP contribution < -0.4 is 48.0 Å². The van der Waals surface area contributed by atoms with E-state index in [1.165, 1.54) is 0 Å². The Balaban J connectivity index is -0.000000845. The zero-order valence-electron chi connectivity index (χ0n) is 11.8. The minimum absolute atomic E-state index is 0. The molecule has 0 bridgehead atoms. The van der Waals surface area contributed by atoms with Crippen molar-refractivity contribution in [3.05, 3.63) is 0 Å². The van der Waals surface area contributed by atoms with Crippen molar-refractivity contribution in [1.82, 2.24) is 0 Å². The summed E-state index contributed by atoms with van der Waals surface area (Å²) < 4.78 is 7.70. The van der Waals surface area contributed by atoms with E-state index in [0.717, 1.165) is 28.7 Å². The molecule has 0 heterocycles. The van der Waals surface area contributed by atoms with Gasteiger partial charge in [-0.2, -0.15) is 0 Å². The number of halogens is 2. The lowest BCUT2D eigenvalue weighted by atomic mass is 10.3. The fourth-order valence-corrected chi connectivity index (χ4v) is 1.35. The van der Waals surface area contributed by atoms with E-state index in [0.29, 0.717) is 6.10 Å². The zero-order valence-corrected chi connectivity index (χ0v) is 16.1. The molecule has 5 heteroatoms. The first-order chi connectivity index (χ1) is 6.10. The van der Waals surface area contributed by atoms with Gasteiger partial charge in [0.25, 0.3) is 0 Å². The number of hydrogen-bond acceptors (Lipinski definition) is 1. The highest BCUT2D eigenvalue weighted by Crippen LogP contribution is 1.99. The van der Waals surface area contributed by atoms with Gasteiger partial charge in [0, 0.05) is 0 Å². The summed E-state index contributed by atoms with van der Waals surface area (Å²) in [4.78, 5) is 0. The lowest BCUT2D eigenvalue weighted by Crippen LogP contribution is -3.00. The molecular formula is C11H28I2N2O. The first-order valence-electron chi connectivity index (χ1n) is 5.33. The highest BCUT2D eigenvalue weighted by molar-refractivity contribution is 4.46. The summed E-state index contributed by atoms with van der Waals surface area (Å²) in [6.07, 6.45) is 0.349. The SMILES string of the molecule is CC(C[N+](C)(C)C)OCC[N+](C)(C)C.[I-].[I-]. The first kappa shape index (κ1) is 22.5. The topological polar surface area (TPSA) is 9.23 Å². The highest BCUT2D eigenvalue weighted by Gasteiger charge is 2.15. The van der Waals surface area contributed by atoms with Crippen LogP contribution in [-0.2, 0) is 4.74 Å². The van der Waals surface area contributed by atoms with E-state index < -0.39 is 0 Å². The predicted octanol–water partition coefficient (Wildman–Crippen LogP) is -5.19. The van der Waals surface area contributed by atoms with Crippen LogP contribution in [0.4, 0.5) is 0 Å². The molecule has 0 aliphatic heterocycles. The summed E-state index contributed by atoms with van der Waals surface area (Å²) in [6, 6.07) is 0. The molecule has 0 amide bonds. The molecule has 0 aromatic carbocycles. The van der Waals surface area contributed by atoms with Crippen molar-refractivity contribution in [3.8, 4) is 0 Å². The van der Waals surface area contributed by atoms with Crippen LogP contribution in [0.15, 0.2) is 0 Å². The fourth-order valence-electron chi connectivity index (χ4n) is 1.35. The van der Waals surface area contributed by atoms with Crippen LogP contribution in [0, 0.1) is 0 Å². The second-order valence-electron chi connectivity index (χ2n) is 6.17. The monoisotopic (exact) mass is 458 g/mol. The van der Waals surface area contributed by atoms with Gasteiger partial charge in [-0.1, -0.05) is 0 Å². The molecule has 0 aliphatic rings. The Labute approximate surface area is 136 Å². The molecular weight excluding hydrogens is 430 g/mol. The molecule has 0 N–H and O–H groups in total. The summed E-state index contributed by atoms with van der Waals surface area (Å²) in [7, 11) is 13.1. The Morgan fingerprint density at radius 2 is 1.31 bits per heavy atom. The average Bonchev–Trinajstić information content (AvgIpc) is 1.78. The maximum atomic E-state index is 5.76. The van der Waals surface area contributed by atoms with Gasteiger partial charge in [0.2, 0.25) is 0 Å². The number of ether oxygens (including phenoxy) is 1. The van der Waals surface area contributed by atoms with Crippen molar-refractivity contribution in [2.24, 2.45) is 0 Å². The van der Waals surface area contributed by atoms with E-state index in [-0.39, 0.29) is 48.0 Å². The highest BCUT2D eigenvalue weighted by atomic mass is 127. The Morgan fingerprint density at radius 1 is 0.875 bits per heavy atom. The van der Waals surface area contributed by atoms with Crippen molar-refractivity contribution < 1.29 is 61.7 Å². The van der Waals surface area contributed by atoms with Gasteiger partial charge < -0.3 is 61.7 Å². The molecule has 0 rings (SSSR count). The Bertz CT molecular complexity index is 164. The molecule has 1 unspecified atom stereocenters. The van der Waals surface area contributed by atoms with Crippen LogP contribution in [-0.4, -0.2) is 77.1 Å². The van der Waals surface area contributed by atoms with Gasteiger partial charge in [0.05, 0.1) is 48.9 Å². The lowest BCUT2D eigenvalue weighted by Gasteiger charge is -2.28. The quantitative estimate of drug-likeness (QED) is 0.286. The van der Waals surface area contributed by atoms with E-state index >= 15 is 0 Å². The van der Waals surface area contributed by atoms with Crippen LogP contribution >= 0.6 is 0 Å². The summed E-state index contributed by atoms with van der Waals surface area (Å²) in [6.45, 7) is 5.14. The van der Waals surface area contributed by atoms with Crippen molar-refractivity contribution in [3.63, 3.8) is 0 Å². The van der Waals surface area contributed by atoms with Gasteiger partial charge in [0.15, 0.2) is 0 Å². The van der Waals surface area contributed by atoms with E-state index in [1.807, 2.05) is 0 Å². The van der Waals surface area contributed by atoms with Crippen molar-refractivity contribution in [2.75, 3.05) is 62.0 Å². The molecule has 0 radical (unpaired) electrons. The molecule has 0 aromatic rings. The number of nitrogens with zero attached hydrogens (tertiary/aromatic N) is 2. The van der Waals surface area contributed by atoms with Gasteiger partial charge in [-0.15, -0.1) is 0 Å². The van der Waals surface area contributed by atoms with Crippen molar-refractivity contribution >= 4 is 0 Å². The summed E-state index contributed by atoms with van der Waals surface area (Å²) in [5, 5.41) is 0. The summed E-state index contributed by atoms with van der Waals surface area (Å²) >= 11 is 0. The third-order valence-corrected chi connectivity index (χ3v) is 1.97. The number of likely N-dealkylation sites (N-methyl/N-ethyl adjacent to an activating group) is 2. The van der Waals surface area contributed by atoms with E-state index in [1.54, 1.807) is 0 Å². The largest absolute Gasteiger partial charge is 1.00 e. The maximum Gasteiger partial charge on any atom is 0.104 e. The molecule has 16 heavy (non-hydrogen) atoms. The van der Waals surface area contributed by atoms with Gasteiger partial charge in [-0.3, -0.25) is 0 Å². The number of rotatable bonds is 6. The van der Waals surface area contributed by atoms with Crippen molar-refractivity contribution in [2.45, 2.75) is 13.0 Å². The zero-order chi connectivity index (χ0) is 11.4. The van der Waals surface area contributed by atoms with Gasteiger partial charge in [0.1, 0.15) is 19.2 Å². The molecule has 0 saturated heterocycles. The molecule has 1 atom stereocenters. The minimum atomic E-state index is 0. The van der Waals surface area contributed by atoms with E-state index in [2.05, 4.69) is 49.2 Å². The van der Waals surface area contributed by atoms with E-state index in [4.69, 9.17) is 4.74 Å². The lowest BCUT2D eigenvalue weighted by molar-refractivity contribution is -0.876. The van der Waals surface area contributed by atoms with Crippen LogP contribution in [0.1, 0.15) is 6.92 Å². The standard InChI is InChI=1S/C11H28N2O.2HI/c1-11(10-13(5,6)7)14-9-8-12(2,3)4;;/h11H,8-10H2,1-7H3;2*1H/q+2;;/p-2. The summed E-state index contributed by atoms with van der Waals surface area (Å²) in [5.41, 5.74) is 0. The van der Waals surface area contributed by atoms with Crippen LogP contribution in [0.25, 0.3) is 0 Å². The Morgan fingerprint density at radius 3 is 1.62 bits per heavy atom. The second-order valence-corrected chi connectivity index (χ2v) is 6.17. The Hall–Kier alpha value is 1.34. The summed E-state index contributed by atoms with van der Waals surface area (Å²) in [5.74, 6) is 0. The van der Waals surface area contributed by atoms with Crippen molar-refractivity contribution in [1.29, 1.82) is 0 Å². The third-order valence-electron chi connectivity index (χ3n) is 1.97. The molecule has 102 valence electrons. The smallest absolute Gasteiger partial charge is 0.104 e. The van der Waals surface area contributed by atoms with Gasteiger partial charge in [-0.05, 0) is 6.92 Å². The molecule has 0 aliphatic carbocycles. The second kappa shape index (κ2) is 9.29. The molecule has 0 aromatic heterocycles. The molecule has 3 nitrogen and oxygen atoms in total. The van der Waals surface area contributed by atoms with Crippen LogP contribution in [0.2, 0.25) is 0 Å². The predicted molar refractivity (Wildman–Crippen MR) is 61.2 cm³/mol. The van der Waals surface area contributed by atoms with E-state index in [9.17, 15) is 0 Å². The molecule has 0 fully saturated rings. The normalized spacial score (nSPS) is 13.7. The van der Waals surface area contributed by atoms with Gasteiger partial charge in [-0.25, -0.2) is 0 Å². The maximum absolute atomic E-state index is 5.76. The third kappa shape index (κ3) is 17.7. The Kier molecular flexibility index (Phi) is 13.1.